The first-order chi connectivity index (χ1) is 22.3. The van der Waals surface area contributed by atoms with Crippen molar-refractivity contribution in [1.82, 2.24) is 10.2 Å². The molecular formula is C38H48N2O4S2. The van der Waals surface area contributed by atoms with E-state index in [1.54, 1.807) is 17.8 Å². The van der Waals surface area contributed by atoms with Crippen LogP contribution in [-0.4, -0.2) is 63.4 Å². The lowest BCUT2D eigenvalue weighted by Crippen LogP contribution is -2.43. The monoisotopic (exact) mass is 660 g/mol. The van der Waals surface area contributed by atoms with Gasteiger partial charge in [0, 0.05) is 29.5 Å². The highest BCUT2D eigenvalue weighted by atomic mass is 32.2. The summed E-state index contributed by atoms with van der Waals surface area (Å²) >= 11 is 3.43. The summed E-state index contributed by atoms with van der Waals surface area (Å²) in [4.78, 5) is 41.9. The summed E-state index contributed by atoms with van der Waals surface area (Å²) in [6, 6.07) is 22.3. The van der Waals surface area contributed by atoms with Gasteiger partial charge >= 0.3 is 5.97 Å². The Morgan fingerprint density at radius 1 is 0.957 bits per heavy atom. The Labute approximate surface area is 283 Å². The zero-order chi connectivity index (χ0) is 32.9. The first-order valence-electron chi connectivity index (χ1n) is 16.5. The Morgan fingerprint density at radius 3 is 2.35 bits per heavy atom. The molecule has 2 amide bonds. The molecule has 0 saturated heterocycles. The summed E-state index contributed by atoms with van der Waals surface area (Å²) in [6.45, 7) is 4.59. The summed E-state index contributed by atoms with van der Waals surface area (Å²) in [5.41, 5.74) is 4.70. The molecule has 0 radical (unpaired) electrons. The van der Waals surface area contributed by atoms with Crippen LogP contribution in [-0.2, 0) is 11.3 Å². The van der Waals surface area contributed by atoms with Crippen LogP contribution in [0.25, 0.3) is 11.1 Å². The number of carbonyl (C=O) groups is 3. The van der Waals surface area contributed by atoms with Crippen molar-refractivity contribution in [3.05, 3.63) is 95.1 Å². The molecule has 246 valence electrons. The maximum absolute atomic E-state index is 14.2. The number of carboxylic acid groups (broad SMARTS) is 1. The van der Waals surface area contributed by atoms with Gasteiger partial charge in [-0.3, -0.25) is 9.59 Å². The lowest BCUT2D eigenvalue weighted by atomic mass is 9.84. The van der Waals surface area contributed by atoms with Gasteiger partial charge in [0.25, 0.3) is 11.8 Å². The highest BCUT2D eigenvalue weighted by molar-refractivity contribution is 7.99. The maximum atomic E-state index is 14.2. The number of aliphatic carboxylic acids is 1. The SMILES string of the molecule is CCSC[C@H](CC1CCCCC1)N(Cc1ccc(C(=O)N[C@@H](CCSC)C(=O)O)c(-c2ccccc2C)c1)C(=O)c1ccccc1. The van der Waals surface area contributed by atoms with Gasteiger partial charge in [-0.25, -0.2) is 4.79 Å². The number of benzene rings is 3. The average molecular weight is 661 g/mol. The smallest absolute Gasteiger partial charge is 0.326 e. The summed E-state index contributed by atoms with van der Waals surface area (Å²) in [5, 5.41) is 12.5. The van der Waals surface area contributed by atoms with Crippen molar-refractivity contribution in [3.8, 4) is 11.1 Å². The number of hydrogen-bond acceptors (Lipinski definition) is 5. The number of carbonyl (C=O) groups excluding carboxylic acids is 2. The number of thioether (sulfide) groups is 2. The van der Waals surface area contributed by atoms with Crippen molar-refractivity contribution in [2.24, 2.45) is 5.92 Å². The number of amides is 2. The van der Waals surface area contributed by atoms with E-state index >= 15 is 0 Å². The van der Waals surface area contributed by atoms with Gasteiger partial charge in [0.05, 0.1) is 0 Å². The number of rotatable bonds is 16. The van der Waals surface area contributed by atoms with Crippen molar-refractivity contribution in [2.45, 2.75) is 77.4 Å². The van der Waals surface area contributed by atoms with E-state index in [9.17, 15) is 19.5 Å². The summed E-state index contributed by atoms with van der Waals surface area (Å²) in [7, 11) is 0. The van der Waals surface area contributed by atoms with Crippen LogP contribution in [0.5, 0.6) is 0 Å². The van der Waals surface area contributed by atoms with Gasteiger partial charge in [-0.15, -0.1) is 0 Å². The first kappa shape index (κ1) is 35.6. The van der Waals surface area contributed by atoms with Crippen molar-refractivity contribution in [2.75, 3.05) is 23.5 Å². The molecule has 2 N–H and O–H groups in total. The Hall–Kier alpha value is -3.23. The number of carboxylic acids is 1. The van der Waals surface area contributed by atoms with Gasteiger partial charge in [-0.1, -0.05) is 87.6 Å². The summed E-state index contributed by atoms with van der Waals surface area (Å²) in [5.74, 6) is 1.68. The van der Waals surface area contributed by atoms with Gasteiger partial charge < -0.3 is 15.3 Å². The molecule has 0 heterocycles. The van der Waals surface area contributed by atoms with Crippen LogP contribution < -0.4 is 5.32 Å². The van der Waals surface area contributed by atoms with Crippen molar-refractivity contribution in [1.29, 1.82) is 0 Å². The van der Waals surface area contributed by atoms with E-state index in [0.717, 1.165) is 40.2 Å². The Morgan fingerprint density at radius 2 is 1.67 bits per heavy atom. The van der Waals surface area contributed by atoms with Crippen LogP contribution in [0.1, 0.15) is 83.7 Å². The zero-order valence-electron chi connectivity index (χ0n) is 27.4. The van der Waals surface area contributed by atoms with Crippen molar-refractivity contribution >= 4 is 41.3 Å². The van der Waals surface area contributed by atoms with Crippen LogP contribution in [0.4, 0.5) is 0 Å². The third-order valence-electron chi connectivity index (χ3n) is 8.90. The van der Waals surface area contributed by atoms with Gasteiger partial charge in [0.15, 0.2) is 0 Å². The fourth-order valence-corrected chi connectivity index (χ4v) is 7.67. The van der Waals surface area contributed by atoms with Gasteiger partial charge in [0.2, 0.25) is 0 Å². The van der Waals surface area contributed by atoms with Crippen molar-refractivity contribution in [3.63, 3.8) is 0 Å². The van der Waals surface area contributed by atoms with Gasteiger partial charge in [-0.2, -0.15) is 23.5 Å². The standard InChI is InChI=1S/C38H48N2O4S2/c1-4-46-26-31(23-28-14-7-5-8-15-28)40(37(42)30-16-9-6-10-17-30)25-29-19-20-33(34(24-29)32-18-12-11-13-27(32)2)36(41)39-35(38(43)44)21-22-45-3/h6,9-13,16-20,24,28,31,35H,4-5,7-8,14-15,21-23,25-26H2,1-3H3,(H,39,41)(H,43,44)/t31-,35-/m0/s1. The van der Waals surface area contributed by atoms with E-state index in [1.165, 1.54) is 32.1 Å². The Kier molecular flexibility index (Phi) is 14.1. The second-order valence-corrected chi connectivity index (χ2v) is 14.5. The van der Waals surface area contributed by atoms with Crippen LogP contribution >= 0.6 is 23.5 Å². The molecule has 1 aliphatic rings. The highest BCUT2D eigenvalue weighted by Crippen LogP contribution is 2.33. The lowest BCUT2D eigenvalue weighted by molar-refractivity contribution is -0.139. The Bertz CT molecular complexity index is 1440. The fraction of sp³-hybridized carbons (Fsp3) is 0.447. The van der Waals surface area contributed by atoms with E-state index in [0.29, 0.717) is 35.8 Å². The number of nitrogens with zero attached hydrogens (tertiary/aromatic N) is 1. The molecule has 46 heavy (non-hydrogen) atoms. The van der Waals surface area contributed by atoms with Crippen LogP contribution in [0.2, 0.25) is 0 Å². The van der Waals surface area contributed by atoms with E-state index < -0.39 is 17.9 Å². The van der Waals surface area contributed by atoms with Crippen LogP contribution in [0.15, 0.2) is 72.8 Å². The minimum Gasteiger partial charge on any atom is -0.480 e. The summed E-state index contributed by atoms with van der Waals surface area (Å²) < 4.78 is 0. The van der Waals surface area contributed by atoms with Gasteiger partial charge in [0.1, 0.15) is 6.04 Å². The number of aryl methyl sites for hydroxylation is 1. The van der Waals surface area contributed by atoms with Gasteiger partial charge in [-0.05, 0) is 90.0 Å². The Balaban J connectivity index is 1.73. The average Bonchev–Trinajstić information content (AvgIpc) is 3.08. The molecule has 0 bridgehead atoms. The number of hydrogen-bond donors (Lipinski definition) is 2. The molecular weight excluding hydrogens is 613 g/mol. The quantitative estimate of drug-likeness (QED) is 0.161. The molecule has 3 aromatic rings. The van der Waals surface area contributed by atoms with E-state index in [-0.39, 0.29) is 11.9 Å². The van der Waals surface area contributed by atoms with Crippen molar-refractivity contribution < 1.29 is 19.5 Å². The molecule has 0 unspecified atom stereocenters. The lowest BCUT2D eigenvalue weighted by Gasteiger charge is -2.35. The molecule has 6 nitrogen and oxygen atoms in total. The van der Waals surface area contributed by atoms with E-state index in [4.69, 9.17) is 0 Å². The predicted octanol–water partition coefficient (Wildman–Crippen LogP) is 8.33. The molecule has 3 aromatic carbocycles. The van der Waals surface area contributed by atoms with Crippen LogP contribution in [0, 0.1) is 12.8 Å². The molecule has 0 spiro atoms. The molecule has 1 fully saturated rings. The second kappa shape index (κ2) is 18.2. The topological polar surface area (TPSA) is 86.7 Å². The normalized spacial score (nSPS) is 14.8. The molecule has 2 atom stereocenters. The molecule has 0 aliphatic heterocycles. The number of nitrogens with one attached hydrogen (secondary N) is 1. The third-order valence-corrected chi connectivity index (χ3v) is 10.6. The third kappa shape index (κ3) is 9.88. The highest BCUT2D eigenvalue weighted by Gasteiger charge is 2.29. The first-order valence-corrected chi connectivity index (χ1v) is 19.0. The zero-order valence-corrected chi connectivity index (χ0v) is 29.0. The summed E-state index contributed by atoms with van der Waals surface area (Å²) in [6.07, 6.45) is 9.50. The minimum absolute atomic E-state index is 0.0236. The second-order valence-electron chi connectivity index (χ2n) is 12.2. The largest absolute Gasteiger partial charge is 0.480 e. The molecule has 0 aromatic heterocycles. The maximum Gasteiger partial charge on any atom is 0.326 e. The molecule has 1 aliphatic carbocycles. The molecule has 4 rings (SSSR count). The molecule has 8 heteroatoms. The predicted molar refractivity (Wildman–Crippen MR) is 193 cm³/mol. The van der Waals surface area contributed by atoms with E-state index in [2.05, 4.69) is 17.1 Å². The van der Waals surface area contributed by atoms with Crippen LogP contribution in [0.3, 0.4) is 0 Å². The van der Waals surface area contributed by atoms with E-state index in [1.807, 2.05) is 91.7 Å². The fourth-order valence-electron chi connectivity index (χ4n) is 6.37. The minimum atomic E-state index is -1.04. The molecule has 1 saturated carbocycles.